The van der Waals surface area contributed by atoms with Gasteiger partial charge >= 0.3 is 5.69 Å². The zero-order chi connectivity index (χ0) is 16.4. The zero-order valence-corrected chi connectivity index (χ0v) is 11.9. The number of fused-ring (bicyclic) bond motifs is 1. The molecule has 0 heterocycles. The van der Waals surface area contributed by atoms with E-state index in [4.69, 9.17) is 0 Å². The van der Waals surface area contributed by atoms with E-state index in [1.807, 2.05) is 24.3 Å². The molecule has 0 saturated heterocycles. The Hall–Kier alpha value is -3.29. The summed E-state index contributed by atoms with van der Waals surface area (Å²) in [6, 6.07) is 11.3. The molecule has 23 heavy (non-hydrogen) atoms. The van der Waals surface area contributed by atoms with Gasteiger partial charge in [-0.25, -0.2) is 0 Å². The molecule has 0 fully saturated rings. The predicted octanol–water partition coefficient (Wildman–Crippen LogP) is 3.27. The van der Waals surface area contributed by atoms with Gasteiger partial charge in [0.25, 0.3) is 5.69 Å². The maximum absolute atomic E-state index is 11.1. The van der Waals surface area contributed by atoms with Gasteiger partial charge in [-0.2, -0.15) is 5.10 Å². The molecule has 1 aliphatic carbocycles. The molecule has 1 N–H and O–H groups in total. The lowest BCUT2D eigenvalue weighted by Crippen LogP contribution is -2.02. The molecule has 0 aromatic heterocycles. The molecule has 0 unspecified atom stereocenters. The number of aryl methyl sites for hydroxylation is 1. The SMILES string of the molecule is O=[N+]([O-])c1ccc(N/N=C2/CCc3ccccc32)c([N+](=O)[O-])c1. The molecule has 0 spiro atoms. The first kappa shape index (κ1) is 14.6. The quantitative estimate of drug-likeness (QED) is 0.688. The van der Waals surface area contributed by atoms with Gasteiger partial charge in [0.05, 0.1) is 21.6 Å². The maximum atomic E-state index is 11.1. The van der Waals surface area contributed by atoms with Crippen LogP contribution in [0.4, 0.5) is 17.1 Å². The number of anilines is 1. The largest absolute Gasteiger partial charge is 0.301 e. The molecule has 8 nitrogen and oxygen atoms in total. The van der Waals surface area contributed by atoms with Crippen molar-refractivity contribution in [3.63, 3.8) is 0 Å². The van der Waals surface area contributed by atoms with E-state index in [0.29, 0.717) is 0 Å². The number of nitro groups is 2. The first-order chi connectivity index (χ1) is 11.1. The molecule has 0 bridgehead atoms. The summed E-state index contributed by atoms with van der Waals surface area (Å²) in [5.41, 5.74) is 5.10. The summed E-state index contributed by atoms with van der Waals surface area (Å²) in [5, 5.41) is 26.1. The fraction of sp³-hybridized carbons (Fsp3) is 0.133. The number of nitrogens with zero attached hydrogens (tertiary/aromatic N) is 3. The third-order valence-electron chi connectivity index (χ3n) is 3.66. The smallest absolute Gasteiger partial charge is 0.271 e. The van der Waals surface area contributed by atoms with Crippen LogP contribution in [0.15, 0.2) is 47.6 Å². The summed E-state index contributed by atoms with van der Waals surface area (Å²) in [4.78, 5) is 20.5. The average molecular weight is 312 g/mol. The molecule has 1 aliphatic rings. The van der Waals surface area contributed by atoms with Crippen molar-refractivity contribution >= 4 is 22.8 Å². The van der Waals surface area contributed by atoms with Crippen molar-refractivity contribution in [3.05, 3.63) is 73.8 Å². The van der Waals surface area contributed by atoms with Crippen LogP contribution in [-0.2, 0) is 6.42 Å². The monoisotopic (exact) mass is 312 g/mol. The summed E-state index contributed by atoms with van der Waals surface area (Å²) >= 11 is 0. The third-order valence-corrected chi connectivity index (χ3v) is 3.66. The number of benzene rings is 2. The van der Waals surface area contributed by atoms with Crippen molar-refractivity contribution in [1.29, 1.82) is 0 Å². The number of hydrazone groups is 1. The van der Waals surface area contributed by atoms with E-state index in [1.54, 1.807) is 0 Å². The molecule has 8 heteroatoms. The Morgan fingerprint density at radius 1 is 1.00 bits per heavy atom. The highest BCUT2D eigenvalue weighted by molar-refractivity contribution is 6.04. The standard InChI is InChI=1S/C15H12N4O4/c20-18(21)11-6-8-14(15(9-11)19(22)23)17-16-13-7-5-10-3-1-2-4-12(10)13/h1-4,6,8-9,17H,5,7H2/b16-13-. The van der Waals surface area contributed by atoms with Gasteiger partial charge in [-0.15, -0.1) is 0 Å². The van der Waals surface area contributed by atoms with E-state index in [-0.39, 0.29) is 17.1 Å². The number of rotatable bonds is 4. The van der Waals surface area contributed by atoms with E-state index in [0.717, 1.165) is 30.2 Å². The molecule has 2 aromatic carbocycles. The van der Waals surface area contributed by atoms with Crippen LogP contribution in [0.25, 0.3) is 0 Å². The summed E-state index contributed by atoms with van der Waals surface area (Å²) in [7, 11) is 0. The van der Waals surface area contributed by atoms with Crippen molar-refractivity contribution in [2.24, 2.45) is 5.10 Å². The number of hydrogen-bond acceptors (Lipinski definition) is 6. The second kappa shape index (κ2) is 5.84. The Kier molecular flexibility index (Phi) is 3.71. The van der Waals surface area contributed by atoms with Crippen LogP contribution in [0.2, 0.25) is 0 Å². The first-order valence-electron chi connectivity index (χ1n) is 6.90. The van der Waals surface area contributed by atoms with E-state index in [9.17, 15) is 20.2 Å². The van der Waals surface area contributed by atoms with Gasteiger partial charge in [-0.05, 0) is 24.5 Å². The summed E-state index contributed by atoms with van der Waals surface area (Å²) < 4.78 is 0. The minimum atomic E-state index is -0.671. The summed E-state index contributed by atoms with van der Waals surface area (Å²) in [6.45, 7) is 0. The predicted molar refractivity (Wildman–Crippen MR) is 84.7 cm³/mol. The average Bonchev–Trinajstić information content (AvgIpc) is 2.95. The molecular formula is C15H12N4O4. The maximum Gasteiger partial charge on any atom is 0.301 e. The molecule has 0 aliphatic heterocycles. The van der Waals surface area contributed by atoms with Crippen LogP contribution in [0, 0.1) is 20.2 Å². The summed E-state index contributed by atoms with van der Waals surface area (Å²) in [6.07, 6.45) is 1.62. The second-order valence-electron chi connectivity index (χ2n) is 5.04. The highest BCUT2D eigenvalue weighted by Crippen LogP contribution is 2.29. The number of hydrogen-bond donors (Lipinski definition) is 1. The van der Waals surface area contributed by atoms with Crippen LogP contribution in [-0.4, -0.2) is 15.6 Å². The highest BCUT2D eigenvalue weighted by Gasteiger charge is 2.21. The van der Waals surface area contributed by atoms with Crippen molar-refractivity contribution in [2.75, 3.05) is 5.43 Å². The molecule has 0 atom stereocenters. The normalized spacial score (nSPS) is 14.5. The first-order valence-corrected chi connectivity index (χ1v) is 6.90. The van der Waals surface area contributed by atoms with Crippen molar-refractivity contribution < 1.29 is 9.85 Å². The van der Waals surface area contributed by atoms with E-state index in [1.165, 1.54) is 17.7 Å². The minimum absolute atomic E-state index is 0.123. The van der Waals surface area contributed by atoms with Crippen LogP contribution in [0.5, 0.6) is 0 Å². The molecule has 116 valence electrons. The van der Waals surface area contributed by atoms with Gasteiger partial charge in [-0.1, -0.05) is 24.3 Å². The molecule has 0 amide bonds. The fourth-order valence-corrected chi connectivity index (χ4v) is 2.53. The Labute approximate surface area is 130 Å². The van der Waals surface area contributed by atoms with Crippen LogP contribution < -0.4 is 5.43 Å². The van der Waals surface area contributed by atoms with Crippen LogP contribution in [0.1, 0.15) is 17.5 Å². The van der Waals surface area contributed by atoms with Crippen LogP contribution in [0.3, 0.4) is 0 Å². The lowest BCUT2D eigenvalue weighted by Gasteiger charge is -2.04. The van der Waals surface area contributed by atoms with Gasteiger partial charge in [0.2, 0.25) is 0 Å². The third kappa shape index (κ3) is 2.86. The topological polar surface area (TPSA) is 111 Å². The van der Waals surface area contributed by atoms with Gasteiger partial charge in [-0.3, -0.25) is 25.7 Å². The molecule has 2 aromatic rings. The molecule has 3 rings (SSSR count). The van der Waals surface area contributed by atoms with Crippen molar-refractivity contribution in [3.8, 4) is 0 Å². The van der Waals surface area contributed by atoms with E-state index < -0.39 is 9.85 Å². The van der Waals surface area contributed by atoms with Gasteiger partial charge in [0, 0.05) is 11.6 Å². The van der Waals surface area contributed by atoms with Crippen molar-refractivity contribution in [2.45, 2.75) is 12.8 Å². The molecule has 0 radical (unpaired) electrons. The summed E-state index contributed by atoms with van der Waals surface area (Å²) in [5.74, 6) is 0. The Bertz CT molecular complexity index is 832. The zero-order valence-electron chi connectivity index (χ0n) is 11.9. The lowest BCUT2D eigenvalue weighted by atomic mass is 10.1. The number of nitrogens with one attached hydrogen (secondary N) is 1. The second-order valence-corrected chi connectivity index (χ2v) is 5.04. The Morgan fingerprint density at radius 2 is 1.78 bits per heavy atom. The molecular weight excluding hydrogens is 300 g/mol. The fourth-order valence-electron chi connectivity index (χ4n) is 2.53. The number of non-ortho nitro benzene ring substituents is 1. The Balaban J connectivity index is 1.91. The highest BCUT2D eigenvalue weighted by atomic mass is 16.6. The van der Waals surface area contributed by atoms with E-state index >= 15 is 0 Å². The van der Waals surface area contributed by atoms with Gasteiger partial charge < -0.3 is 0 Å². The van der Waals surface area contributed by atoms with E-state index in [2.05, 4.69) is 10.5 Å². The van der Waals surface area contributed by atoms with Crippen LogP contribution >= 0.6 is 0 Å². The minimum Gasteiger partial charge on any atom is -0.271 e. The molecule has 0 saturated carbocycles. The number of nitro benzene ring substituents is 2. The van der Waals surface area contributed by atoms with Crippen molar-refractivity contribution in [1.82, 2.24) is 0 Å². The van der Waals surface area contributed by atoms with Gasteiger partial charge in [0.15, 0.2) is 0 Å². The lowest BCUT2D eigenvalue weighted by molar-refractivity contribution is -0.393. The van der Waals surface area contributed by atoms with Gasteiger partial charge in [0.1, 0.15) is 5.69 Å². The Morgan fingerprint density at radius 3 is 2.52 bits per heavy atom.